The zero-order valence-electron chi connectivity index (χ0n) is 8.66. The average Bonchev–Trinajstić information content (AvgIpc) is 2.02. The molecule has 78 valence electrons. The van der Waals surface area contributed by atoms with Gasteiger partial charge in [-0.1, -0.05) is 19.1 Å². The first kappa shape index (κ1) is 12.8. The van der Waals surface area contributed by atoms with Gasteiger partial charge >= 0.3 is 0 Å². The molecule has 0 aliphatic rings. The SMILES string of the molecule is CC(CO)CN(C)C(C)CC(N)=S. The molecule has 2 atom stereocenters. The van der Waals surface area contributed by atoms with Crippen LogP contribution in [0, 0.1) is 5.92 Å². The Hall–Kier alpha value is -0.190. The second-order valence-corrected chi connectivity index (χ2v) is 4.27. The summed E-state index contributed by atoms with van der Waals surface area (Å²) < 4.78 is 0. The molecule has 0 rings (SSSR count). The van der Waals surface area contributed by atoms with E-state index in [0.29, 0.717) is 16.9 Å². The van der Waals surface area contributed by atoms with E-state index < -0.39 is 0 Å². The molecule has 0 radical (unpaired) electrons. The third kappa shape index (κ3) is 5.96. The molecule has 0 heterocycles. The van der Waals surface area contributed by atoms with Crippen molar-refractivity contribution < 1.29 is 5.11 Å². The Morgan fingerprint density at radius 1 is 1.54 bits per heavy atom. The van der Waals surface area contributed by atoms with Crippen LogP contribution >= 0.6 is 12.2 Å². The van der Waals surface area contributed by atoms with Crippen LogP contribution in [0.1, 0.15) is 20.3 Å². The molecule has 13 heavy (non-hydrogen) atoms. The topological polar surface area (TPSA) is 49.5 Å². The van der Waals surface area contributed by atoms with Crippen LogP contribution in [0.3, 0.4) is 0 Å². The minimum Gasteiger partial charge on any atom is -0.396 e. The van der Waals surface area contributed by atoms with Crippen molar-refractivity contribution >= 4 is 17.2 Å². The van der Waals surface area contributed by atoms with Crippen molar-refractivity contribution in [3.63, 3.8) is 0 Å². The number of aliphatic hydroxyl groups is 1. The van der Waals surface area contributed by atoms with Crippen LogP contribution in [-0.2, 0) is 0 Å². The van der Waals surface area contributed by atoms with Gasteiger partial charge in [-0.05, 0) is 19.9 Å². The lowest BCUT2D eigenvalue weighted by Gasteiger charge is -2.26. The first-order valence-electron chi connectivity index (χ1n) is 4.56. The van der Waals surface area contributed by atoms with Gasteiger partial charge in [0, 0.05) is 25.6 Å². The van der Waals surface area contributed by atoms with Crippen LogP contribution in [0.5, 0.6) is 0 Å². The fourth-order valence-electron chi connectivity index (χ4n) is 1.18. The lowest BCUT2D eigenvalue weighted by atomic mass is 10.1. The van der Waals surface area contributed by atoms with Gasteiger partial charge in [0.2, 0.25) is 0 Å². The Morgan fingerprint density at radius 3 is 2.46 bits per heavy atom. The predicted molar refractivity (Wildman–Crippen MR) is 59.7 cm³/mol. The third-order valence-corrected chi connectivity index (χ3v) is 2.33. The van der Waals surface area contributed by atoms with Crippen molar-refractivity contribution in [2.45, 2.75) is 26.3 Å². The lowest BCUT2D eigenvalue weighted by Crippen LogP contribution is -2.36. The molecule has 0 saturated heterocycles. The quantitative estimate of drug-likeness (QED) is 0.623. The molecular formula is C9H20N2OS. The second-order valence-electron chi connectivity index (χ2n) is 3.75. The number of nitrogens with zero attached hydrogens (tertiary/aromatic N) is 1. The first-order chi connectivity index (χ1) is 5.97. The first-order valence-corrected chi connectivity index (χ1v) is 4.97. The lowest BCUT2D eigenvalue weighted by molar-refractivity contribution is 0.169. The summed E-state index contributed by atoms with van der Waals surface area (Å²) in [5.41, 5.74) is 5.45. The van der Waals surface area contributed by atoms with E-state index in [4.69, 9.17) is 23.1 Å². The molecule has 2 unspecified atom stereocenters. The maximum Gasteiger partial charge on any atom is 0.0742 e. The van der Waals surface area contributed by atoms with E-state index in [2.05, 4.69) is 11.8 Å². The van der Waals surface area contributed by atoms with Gasteiger partial charge < -0.3 is 15.7 Å². The van der Waals surface area contributed by atoms with E-state index in [1.54, 1.807) is 0 Å². The van der Waals surface area contributed by atoms with Gasteiger partial charge in [-0.2, -0.15) is 0 Å². The molecule has 0 bridgehead atoms. The highest BCUT2D eigenvalue weighted by atomic mass is 32.1. The number of rotatable bonds is 6. The van der Waals surface area contributed by atoms with Crippen LogP contribution in [0.4, 0.5) is 0 Å². The van der Waals surface area contributed by atoms with E-state index >= 15 is 0 Å². The number of aliphatic hydroxyl groups excluding tert-OH is 1. The monoisotopic (exact) mass is 204 g/mol. The van der Waals surface area contributed by atoms with Crippen molar-refractivity contribution in [1.29, 1.82) is 0 Å². The summed E-state index contributed by atoms with van der Waals surface area (Å²) in [6.45, 7) is 5.21. The van der Waals surface area contributed by atoms with Gasteiger partial charge in [-0.3, -0.25) is 0 Å². The highest BCUT2D eigenvalue weighted by Crippen LogP contribution is 2.04. The summed E-state index contributed by atoms with van der Waals surface area (Å²) in [4.78, 5) is 2.72. The molecule has 0 amide bonds. The molecule has 3 N–H and O–H groups in total. The van der Waals surface area contributed by atoms with Crippen LogP contribution in [0.25, 0.3) is 0 Å². The normalized spacial score (nSPS) is 15.8. The maximum atomic E-state index is 8.87. The summed E-state index contributed by atoms with van der Waals surface area (Å²) in [6, 6.07) is 0.353. The Balaban J connectivity index is 3.81. The Bertz CT molecular complexity index is 164. The Morgan fingerprint density at radius 2 is 2.08 bits per heavy atom. The molecule has 0 saturated carbocycles. The molecular weight excluding hydrogens is 184 g/mol. The van der Waals surface area contributed by atoms with E-state index in [0.717, 1.165) is 13.0 Å². The zero-order chi connectivity index (χ0) is 10.4. The highest BCUT2D eigenvalue weighted by Gasteiger charge is 2.12. The average molecular weight is 204 g/mol. The molecule has 0 spiro atoms. The van der Waals surface area contributed by atoms with Gasteiger partial charge in [-0.25, -0.2) is 0 Å². The number of hydrogen-bond acceptors (Lipinski definition) is 3. The van der Waals surface area contributed by atoms with Crippen molar-refractivity contribution in [1.82, 2.24) is 4.90 Å². The number of hydrogen-bond donors (Lipinski definition) is 2. The summed E-state index contributed by atoms with van der Waals surface area (Å²) >= 11 is 4.83. The Kier molecular flexibility index (Phi) is 6.20. The number of nitrogens with two attached hydrogens (primary N) is 1. The minimum atomic E-state index is 0.226. The molecule has 0 fully saturated rings. The fraction of sp³-hybridized carbons (Fsp3) is 0.889. The standard InChI is InChI=1S/C9H20N2OS/c1-7(6-12)5-11(3)8(2)4-9(10)13/h7-8,12H,4-6H2,1-3H3,(H2,10,13). The molecule has 0 aromatic carbocycles. The van der Waals surface area contributed by atoms with Crippen molar-refractivity contribution in [2.24, 2.45) is 11.7 Å². The van der Waals surface area contributed by atoms with Crippen LogP contribution in [0.15, 0.2) is 0 Å². The summed E-state index contributed by atoms with van der Waals surface area (Å²) in [5.74, 6) is 0.304. The van der Waals surface area contributed by atoms with Crippen molar-refractivity contribution in [3.05, 3.63) is 0 Å². The molecule has 0 aliphatic heterocycles. The minimum absolute atomic E-state index is 0.226. The van der Waals surface area contributed by atoms with Crippen molar-refractivity contribution in [2.75, 3.05) is 20.2 Å². The van der Waals surface area contributed by atoms with E-state index in [1.807, 2.05) is 14.0 Å². The summed E-state index contributed by atoms with van der Waals surface area (Å²) in [7, 11) is 2.02. The zero-order valence-corrected chi connectivity index (χ0v) is 9.47. The van der Waals surface area contributed by atoms with Crippen LogP contribution < -0.4 is 5.73 Å². The predicted octanol–water partition coefficient (Wildman–Crippen LogP) is 0.611. The smallest absolute Gasteiger partial charge is 0.0742 e. The van der Waals surface area contributed by atoms with E-state index in [1.165, 1.54) is 0 Å². The Labute approximate surface area is 85.9 Å². The van der Waals surface area contributed by atoms with Gasteiger partial charge in [0.05, 0.1) is 4.99 Å². The van der Waals surface area contributed by atoms with Gasteiger partial charge in [0.1, 0.15) is 0 Å². The molecule has 0 aromatic heterocycles. The molecule has 0 aliphatic carbocycles. The fourth-order valence-corrected chi connectivity index (χ4v) is 1.42. The summed E-state index contributed by atoms with van der Waals surface area (Å²) in [6.07, 6.45) is 0.740. The third-order valence-electron chi connectivity index (χ3n) is 2.16. The second kappa shape index (κ2) is 6.29. The molecule has 4 heteroatoms. The van der Waals surface area contributed by atoms with Gasteiger partial charge in [0.15, 0.2) is 0 Å². The van der Waals surface area contributed by atoms with Crippen LogP contribution in [0.2, 0.25) is 0 Å². The van der Waals surface area contributed by atoms with Crippen LogP contribution in [-0.4, -0.2) is 41.2 Å². The molecule has 0 aromatic rings. The van der Waals surface area contributed by atoms with Crippen molar-refractivity contribution in [3.8, 4) is 0 Å². The van der Waals surface area contributed by atoms with Gasteiger partial charge in [0.25, 0.3) is 0 Å². The largest absolute Gasteiger partial charge is 0.396 e. The number of thiocarbonyl (C=S) groups is 1. The summed E-state index contributed by atoms with van der Waals surface area (Å²) in [5, 5.41) is 8.87. The maximum absolute atomic E-state index is 8.87. The van der Waals surface area contributed by atoms with Gasteiger partial charge in [-0.15, -0.1) is 0 Å². The molecule has 3 nitrogen and oxygen atoms in total. The van der Waals surface area contributed by atoms with E-state index in [9.17, 15) is 0 Å². The highest BCUT2D eigenvalue weighted by molar-refractivity contribution is 7.80. The van der Waals surface area contributed by atoms with E-state index in [-0.39, 0.29) is 6.61 Å².